The number of likely N-dealkylation sites (tertiary alicyclic amines) is 1. The molecule has 1 aromatic rings. The van der Waals surface area contributed by atoms with Crippen molar-refractivity contribution in [1.29, 1.82) is 0 Å². The van der Waals surface area contributed by atoms with Crippen LogP contribution in [0.1, 0.15) is 31.4 Å². The Morgan fingerprint density at radius 1 is 1.30 bits per heavy atom. The maximum atomic E-state index is 5.72. The molecule has 1 unspecified atom stereocenters. The molecule has 0 aromatic carbocycles. The molecule has 0 aliphatic carbocycles. The number of anilines is 1. The van der Waals surface area contributed by atoms with E-state index in [1.54, 1.807) is 6.33 Å². The van der Waals surface area contributed by atoms with Crippen LogP contribution in [0.15, 0.2) is 12.4 Å². The van der Waals surface area contributed by atoms with Crippen LogP contribution in [0.4, 0.5) is 5.82 Å². The lowest BCUT2D eigenvalue weighted by atomic mass is 10.0. The molecule has 1 aromatic heterocycles. The van der Waals surface area contributed by atoms with E-state index in [2.05, 4.69) is 20.2 Å². The van der Waals surface area contributed by atoms with Crippen molar-refractivity contribution in [3.8, 4) is 0 Å². The predicted octanol–water partition coefficient (Wildman–Crippen LogP) is 1.84. The largest absolute Gasteiger partial charge is 0.377 e. The van der Waals surface area contributed by atoms with Crippen LogP contribution in [0.5, 0.6) is 0 Å². The average molecular weight is 276 g/mol. The molecular formula is C15H24N4O. The number of nitrogens with one attached hydrogen (secondary N) is 1. The van der Waals surface area contributed by atoms with Crippen molar-refractivity contribution in [2.45, 2.75) is 44.8 Å². The molecule has 0 spiro atoms. The van der Waals surface area contributed by atoms with Crippen LogP contribution in [0.25, 0.3) is 0 Å². The van der Waals surface area contributed by atoms with Crippen LogP contribution in [-0.4, -0.2) is 53.3 Å². The Morgan fingerprint density at radius 2 is 2.15 bits per heavy atom. The standard InChI is InChI=1S/C15H24N4O/c1-12-9-15(17-11-16-12)18-13-4-6-19(7-5-13)10-14-3-2-8-20-14/h9,11,13-14H,2-8,10H2,1H3,(H,16,17,18). The Balaban J connectivity index is 1.43. The first-order valence-corrected chi connectivity index (χ1v) is 7.69. The Morgan fingerprint density at radius 3 is 2.85 bits per heavy atom. The van der Waals surface area contributed by atoms with E-state index in [-0.39, 0.29) is 0 Å². The number of aromatic nitrogens is 2. The molecule has 0 radical (unpaired) electrons. The van der Waals surface area contributed by atoms with Crippen LogP contribution >= 0.6 is 0 Å². The third-order valence-electron chi connectivity index (χ3n) is 4.23. The summed E-state index contributed by atoms with van der Waals surface area (Å²) >= 11 is 0. The Hall–Kier alpha value is -1.20. The number of rotatable bonds is 4. The Bertz CT molecular complexity index is 426. The molecule has 110 valence electrons. The van der Waals surface area contributed by atoms with E-state index >= 15 is 0 Å². The molecule has 2 aliphatic rings. The van der Waals surface area contributed by atoms with Gasteiger partial charge < -0.3 is 15.0 Å². The van der Waals surface area contributed by atoms with Gasteiger partial charge in [0.2, 0.25) is 0 Å². The Labute approximate surface area is 120 Å². The minimum absolute atomic E-state index is 0.476. The van der Waals surface area contributed by atoms with E-state index in [0.29, 0.717) is 12.1 Å². The van der Waals surface area contributed by atoms with Crippen LogP contribution in [0, 0.1) is 6.92 Å². The highest BCUT2D eigenvalue weighted by molar-refractivity contribution is 5.35. The number of aryl methyl sites for hydroxylation is 1. The first-order valence-electron chi connectivity index (χ1n) is 7.69. The van der Waals surface area contributed by atoms with Gasteiger partial charge in [-0.1, -0.05) is 0 Å². The smallest absolute Gasteiger partial charge is 0.129 e. The maximum Gasteiger partial charge on any atom is 0.129 e. The second-order valence-corrected chi connectivity index (χ2v) is 5.90. The number of hydrogen-bond acceptors (Lipinski definition) is 5. The number of hydrogen-bond donors (Lipinski definition) is 1. The fourth-order valence-electron chi connectivity index (χ4n) is 3.08. The molecule has 0 amide bonds. The minimum Gasteiger partial charge on any atom is -0.377 e. The lowest BCUT2D eigenvalue weighted by Gasteiger charge is -2.33. The molecular weight excluding hydrogens is 252 g/mol. The highest BCUT2D eigenvalue weighted by Gasteiger charge is 2.23. The summed E-state index contributed by atoms with van der Waals surface area (Å²) in [6.45, 7) is 6.37. The zero-order valence-corrected chi connectivity index (χ0v) is 12.2. The van der Waals surface area contributed by atoms with E-state index < -0.39 is 0 Å². The van der Waals surface area contributed by atoms with Crippen molar-refractivity contribution < 1.29 is 4.74 Å². The molecule has 3 rings (SSSR count). The summed E-state index contributed by atoms with van der Waals surface area (Å²) in [6, 6.07) is 2.55. The monoisotopic (exact) mass is 276 g/mol. The summed E-state index contributed by atoms with van der Waals surface area (Å²) in [6.07, 6.45) is 6.92. The van der Waals surface area contributed by atoms with Gasteiger partial charge in [0.25, 0.3) is 0 Å². The SMILES string of the molecule is Cc1cc(NC2CCN(CC3CCCO3)CC2)ncn1. The van der Waals surface area contributed by atoms with Crippen LogP contribution in [0.3, 0.4) is 0 Å². The summed E-state index contributed by atoms with van der Waals surface area (Å²) < 4.78 is 5.72. The van der Waals surface area contributed by atoms with E-state index in [9.17, 15) is 0 Å². The van der Waals surface area contributed by atoms with Crippen molar-refractivity contribution in [1.82, 2.24) is 14.9 Å². The van der Waals surface area contributed by atoms with Gasteiger partial charge in [0.15, 0.2) is 0 Å². The number of nitrogens with zero attached hydrogens (tertiary/aromatic N) is 3. The van der Waals surface area contributed by atoms with Gasteiger partial charge in [-0.3, -0.25) is 0 Å². The van der Waals surface area contributed by atoms with Crippen LogP contribution in [-0.2, 0) is 4.74 Å². The normalized spacial score (nSPS) is 24.9. The van der Waals surface area contributed by atoms with E-state index in [1.165, 1.54) is 25.7 Å². The summed E-state index contributed by atoms with van der Waals surface area (Å²) in [5.41, 5.74) is 1.01. The van der Waals surface area contributed by atoms with Crippen molar-refractivity contribution >= 4 is 5.82 Å². The zero-order chi connectivity index (χ0) is 13.8. The molecule has 2 fully saturated rings. The van der Waals surface area contributed by atoms with Crippen molar-refractivity contribution in [2.75, 3.05) is 31.6 Å². The topological polar surface area (TPSA) is 50.3 Å². The van der Waals surface area contributed by atoms with Gasteiger partial charge in [-0.2, -0.15) is 0 Å². The summed E-state index contributed by atoms with van der Waals surface area (Å²) in [5.74, 6) is 0.954. The summed E-state index contributed by atoms with van der Waals surface area (Å²) in [7, 11) is 0. The van der Waals surface area contributed by atoms with Crippen molar-refractivity contribution in [2.24, 2.45) is 0 Å². The molecule has 0 saturated carbocycles. The lowest BCUT2D eigenvalue weighted by molar-refractivity contribution is 0.0654. The van der Waals surface area contributed by atoms with Crippen LogP contribution in [0.2, 0.25) is 0 Å². The fourth-order valence-corrected chi connectivity index (χ4v) is 3.08. The van der Waals surface area contributed by atoms with Gasteiger partial charge in [-0.05, 0) is 32.6 Å². The third kappa shape index (κ3) is 3.67. The predicted molar refractivity (Wildman–Crippen MR) is 78.8 cm³/mol. The second-order valence-electron chi connectivity index (χ2n) is 5.90. The molecule has 3 heterocycles. The molecule has 0 bridgehead atoms. The van der Waals surface area contributed by atoms with Gasteiger partial charge in [0, 0.05) is 44.0 Å². The van der Waals surface area contributed by atoms with E-state index in [4.69, 9.17) is 4.74 Å². The van der Waals surface area contributed by atoms with E-state index in [0.717, 1.165) is 37.8 Å². The van der Waals surface area contributed by atoms with Crippen molar-refractivity contribution in [3.63, 3.8) is 0 Å². The average Bonchev–Trinajstić information content (AvgIpc) is 2.94. The first-order chi connectivity index (χ1) is 9.79. The molecule has 2 aliphatic heterocycles. The molecule has 1 N–H and O–H groups in total. The van der Waals surface area contributed by atoms with Gasteiger partial charge in [-0.15, -0.1) is 0 Å². The van der Waals surface area contributed by atoms with E-state index in [1.807, 2.05) is 13.0 Å². The summed E-state index contributed by atoms with van der Waals surface area (Å²) in [4.78, 5) is 11.0. The lowest BCUT2D eigenvalue weighted by Crippen LogP contribution is -2.42. The number of ether oxygens (including phenoxy) is 1. The molecule has 1 atom stereocenters. The maximum absolute atomic E-state index is 5.72. The van der Waals surface area contributed by atoms with Gasteiger partial charge in [-0.25, -0.2) is 9.97 Å². The quantitative estimate of drug-likeness (QED) is 0.909. The minimum atomic E-state index is 0.476. The number of piperidine rings is 1. The highest BCUT2D eigenvalue weighted by Crippen LogP contribution is 2.18. The first kappa shape index (κ1) is 13.8. The highest BCUT2D eigenvalue weighted by atomic mass is 16.5. The third-order valence-corrected chi connectivity index (χ3v) is 4.23. The van der Waals surface area contributed by atoms with Gasteiger partial charge in [0.1, 0.15) is 12.1 Å². The second kappa shape index (κ2) is 6.50. The fraction of sp³-hybridized carbons (Fsp3) is 0.733. The summed E-state index contributed by atoms with van der Waals surface area (Å²) in [5, 5.41) is 3.53. The molecule has 20 heavy (non-hydrogen) atoms. The van der Waals surface area contributed by atoms with Gasteiger partial charge >= 0.3 is 0 Å². The molecule has 2 saturated heterocycles. The Kier molecular flexibility index (Phi) is 4.47. The molecule has 5 nitrogen and oxygen atoms in total. The van der Waals surface area contributed by atoms with Crippen molar-refractivity contribution in [3.05, 3.63) is 18.1 Å². The zero-order valence-electron chi connectivity index (χ0n) is 12.2. The molecule has 5 heteroatoms. The van der Waals surface area contributed by atoms with Gasteiger partial charge in [0.05, 0.1) is 6.10 Å². The van der Waals surface area contributed by atoms with Crippen LogP contribution < -0.4 is 5.32 Å².